The van der Waals surface area contributed by atoms with Gasteiger partial charge < -0.3 is 0 Å². The van der Waals surface area contributed by atoms with Gasteiger partial charge in [-0.2, -0.15) is 0 Å². The van der Waals surface area contributed by atoms with Crippen LogP contribution in [0.4, 0.5) is 4.79 Å². The molecule has 0 radical (unpaired) electrons. The molecule has 4 heavy (non-hydrogen) atoms. The third kappa shape index (κ3) is 331000. The third-order valence-corrected chi connectivity index (χ3v) is 0. The van der Waals surface area contributed by atoms with Crippen LogP contribution in [0.25, 0.3) is 0 Å². The van der Waals surface area contributed by atoms with E-state index in [0.29, 0.717) is 0 Å². The van der Waals surface area contributed by atoms with Gasteiger partial charge in [-0.25, -0.2) is 0 Å². The van der Waals surface area contributed by atoms with Gasteiger partial charge in [0.25, 0.3) is 0 Å². The van der Waals surface area contributed by atoms with Gasteiger partial charge in [0.05, 0.1) is 0 Å². The van der Waals surface area contributed by atoms with Crippen LogP contribution in [0.15, 0.2) is 0 Å². The minimum atomic E-state index is -0.958. The Bertz CT molecular complexity index is 29.0. The molecule has 0 atom stereocenters. The maximum absolute atomic E-state index is 8.94. The predicted octanol–water partition coefficient (Wildman–Crippen LogP) is 0.211. The van der Waals surface area contributed by atoms with Crippen molar-refractivity contribution in [2.75, 3.05) is 0 Å². The minimum absolute atomic E-state index is 0.958. The van der Waals surface area contributed by atoms with Crippen molar-refractivity contribution in [1.82, 2.24) is 0 Å². The van der Waals surface area contributed by atoms with Crippen molar-refractivity contribution in [2.45, 2.75) is 0 Å². The molecule has 0 saturated heterocycles. The van der Waals surface area contributed by atoms with E-state index in [0.717, 1.165) is 0 Å². The molecule has 0 spiro atoms. The first-order chi connectivity index (χ1) is 1.73. The molecule has 1 N–H and O–H groups in total. The summed E-state index contributed by atoms with van der Waals surface area (Å²) in [5.74, 6) is 0. The van der Waals surface area contributed by atoms with Gasteiger partial charge >= 0.3 is 31.0 Å². The van der Waals surface area contributed by atoms with Crippen LogP contribution in [0.3, 0.4) is 0 Å². The van der Waals surface area contributed by atoms with Crippen molar-refractivity contribution in [3.05, 3.63) is 0 Å². The second-order valence-electron chi connectivity index (χ2n) is 0.266. The molecule has 0 aromatic heterocycles. The molecular weight excluding hydrogens is 96.0 g/mol. The molecule has 0 aliphatic carbocycles. The summed E-state index contributed by atoms with van der Waals surface area (Å²) in [7, 11) is 0. The van der Waals surface area contributed by atoms with Gasteiger partial charge in [0.2, 0.25) is 0 Å². The zero-order valence-corrected chi connectivity index (χ0v) is 3.04. The fourth-order valence-corrected chi connectivity index (χ4v) is 0. The second-order valence-corrected chi connectivity index (χ2v) is 0.811. The normalized spacial score (nSPS) is 6.00. The van der Waals surface area contributed by atoms with Gasteiger partial charge in [0.1, 0.15) is 0 Å². The van der Waals surface area contributed by atoms with Gasteiger partial charge in [-0.05, 0) is 0 Å². The van der Waals surface area contributed by atoms with E-state index in [1.807, 2.05) is 16.3 Å². The number of rotatable bonds is 0. The Morgan fingerprint density at radius 3 is 2.00 bits per heavy atom. The van der Waals surface area contributed by atoms with Crippen LogP contribution in [0.5, 0.6) is 0 Å². The Morgan fingerprint density at radius 1 is 2.00 bits per heavy atom. The second kappa shape index (κ2) is 1.34. The van der Waals surface area contributed by atoms with E-state index < -0.39 is 4.83 Å². The van der Waals surface area contributed by atoms with E-state index in [2.05, 4.69) is 0 Å². The summed E-state index contributed by atoms with van der Waals surface area (Å²) < 4.78 is 0. The van der Waals surface area contributed by atoms with Gasteiger partial charge in [-0.1, -0.05) is 0 Å². The average Bonchev–Trinajstić information content (AvgIpc) is 0.811. The zero-order valence-electron chi connectivity index (χ0n) is 1.76. The Morgan fingerprint density at radius 2 is 2.00 bits per heavy atom. The van der Waals surface area contributed by atoms with Crippen molar-refractivity contribution < 1.29 is 26.2 Å². The quantitative estimate of drug-likeness (QED) is 0.469. The number of carbonyl (C=O) groups is 1. The van der Waals surface area contributed by atoms with Crippen LogP contribution in [0.2, 0.25) is 0 Å². The van der Waals surface area contributed by atoms with Gasteiger partial charge in [-0.15, -0.1) is 0 Å². The summed E-state index contributed by atoms with van der Waals surface area (Å²) in [5.41, 5.74) is 0. The van der Waals surface area contributed by atoms with Crippen molar-refractivity contribution >= 4 is 4.83 Å². The SMILES string of the molecule is O=[C](O)[Cr]. The Balaban J connectivity index is 2.80. The summed E-state index contributed by atoms with van der Waals surface area (Å²) in [6, 6.07) is 0. The van der Waals surface area contributed by atoms with Crippen LogP contribution in [0.1, 0.15) is 0 Å². The van der Waals surface area contributed by atoms with Crippen LogP contribution in [-0.4, -0.2) is 9.94 Å². The molecule has 0 aliphatic rings. The van der Waals surface area contributed by atoms with Crippen LogP contribution in [-0.2, 0) is 16.3 Å². The molecule has 0 heterocycles. The molecule has 0 fully saturated rings. The first-order valence-corrected chi connectivity index (χ1v) is 1.27. The molecule has 23 valence electrons. The number of carboxylic acid groups (broad SMARTS) is 1. The molecular formula is CHCrO2. The summed E-state index contributed by atoms with van der Waals surface area (Å²) in [6.45, 7) is 0. The predicted molar refractivity (Wildman–Crippen MR) is 8.02 cm³/mol. The summed E-state index contributed by atoms with van der Waals surface area (Å²) in [4.78, 5) is 7.99. The van der Waals surface area contributed by atoms with Crippen molar-refractivity contribution in [1.29, 1.82) is 0 Å². The maximum atomic E-state index is 8.94. The van der Waals surface area contributed by atoms with Gasteiger partial charge in [-0.3, -0.25) is 0 Å². The van der Waals surface area contributed by atoms with Crippen LogP contribution < -0.4 is 0 Å². The molecule has 0 saturated carbocycles. The van der Waals surface area contributed by atoms with E-state index >= 15 is 0 Å². The Kier molecular flexibility index (Phi) is 1.34. The van der Waals surface area contributed by atoms with Crippen molar-refractivity contribution in [3.63, 3.8) is 0 Å². The third-order valence-electron chi connectivity index (χ3n) is 0. The number of hydrogen-bond donors (Lipinski definition) is 1. The molecule has 0 amide bonds. The standard InChI is InChI=1S/CHO2.Cr/c2-1-3;/h(H,2,3);. The Hall–Kier alpha value is 0.00247. The summed E-state index contributed by atoms with van der Waals surface area (Å²) >= 11 is 1.82. The number of hydrogen-bond acceptors (Lipinski definition) is 1. The first kappa shape index (κ1) is 4.00. The van der Waals surface area contributed by atoms with E-state index in [-0.39, 0.29) is 0 Å². The zero-order chi connectivity index (χ0) is 3.58. The van der Waals surface area contributed by atoms with Crippen molar-refractivity contribution in [2.24, 2.45) is 0 Å². The Labute approximate surface area is 31.9 Å². The van der Waals surface area contributed by atoms with E-state index in [9.17, 15) is 0 Å². The fraction of sp³-hybridized carbons (Fsp3) is 0. The van der Waals surface area contributed by atoms with E-state index in [1.54, 1.807) is 0 Å². The molecule has 0 aliphatic heterocycles. The topological polar surface area (TPSA) is 37.3 Å². The fourth-order valence-electron chi connectivity index (χ4n) is 0. The molecule has 0 unspecified atom stereocenters. The van der Waals surface area contributed by atoms with Crippen LogP contribution >= 0.6 is 0 Å². The molecule has 0 bridgehead atoms. The average molecular weight is 97.0 g/mol. The van der Waals surface area contributed by atoms with Crippen molar-refractivity contribution in [3.8, 4) is 0 Å². The van der Waals surface area contributed by atoms with E-state index in [4.69, 9.17) is 9.90 Å². The van der Waals surface area contributed by atoms with Crippen LogP contribution in [0, 0.1) is 0 Å². The molecule has 3 heteroatoms. The molecule has 2 nitrogen and oxygen atoms in total. The monoisotopic (exact) mass is 96.9 g/mol. The molecule has 0 aromatic carbocycles. The molecule has 0 rings (SSSR count). The van der Waals surface area contributed by atoms with Gasteiger partial charge in [0.15, 0.2) is 0 Å². The van der Waals surface area contributed by atoms with Gasteiger partial charge in [0, 0.05) is 0 Å². The summed E-state index contributed by atoms with van der Waals surface area (Å²) in [6.07, 6.45) is 0. The summed E-state index contributed by atoms with van der Waals surface area (Å²) in [5, 5.41) is 7.36. The van der Waals surface area contributed by atoms with E-state index in [1.165, 1.54) is 0 Å². The first-order valence-electron chi connectivity index (χ1n) is 0.632. The molecule has 0 aromatic rings.